The molecule has 0 aliphatic rings. The molecule has 9 aromatic rings. The molecule has 9 rings (SSSR count). The van der Waals surface area contributed by atoms with E-state index in [1.807, 2.05) is 223 Å². The second kappa shape index (κ2) is 88.3. The number of nitrogens with zero attached hydrogens (tertiary/aromatic N) is 19. The molecule has 19 heteroatoms. The zero-order chi connectivity index (χ0) is 64.0. The second-order valence-electron chi connectivity index (χ2n) is 12.2. The molecular formula is C62H107N19. The molecule has 9 aromatic heterocycles. The second-order valence-corrected chi connectivity index (χ2v) is 12.2. The zero-order valence-corrected chi connectivity index (χ0v) is 55.0. The molecule has 0 bridgehead atoms. The molecule has 0 atom stereocenters. The van der Waals surface area contributed by atoms with Crippen LogP contribution in [-0.2, 0) is 0 Å². The lowest BCUT2D eigenvalue weighted by Gasteiger charge is -1.82. The van der Waals surface area contributed by atoms with Crippen LogP contribution < -0.4 is 0 Å². The molecule has 0 N–H and O–H groups in total. The third-order valence-corrected chi connectivity index (χ3v) is 6.31. The van der Waals surface area contributed by atoms with E-state index in [1.165, 1.54) is 30.9 Å². The van der Waals surface area contributed by atoms with Crippen molar-refractivity contribution < 1.29 is 0 Å². The van der Waals surface area contributed by atoms with Gasteiger partial charge in [0.15, 0.2) is 0 Å². The molecule has 0 amide bonds. The summed E-state index contributed by atoms with van der Waals surface area (Å²) < 4.78 is 0. The van der Waals surface area contributed by atoms with Crippen molar-refractivity contribution in [3.63, 3.8) is 0 Å². The van der Waals surface area contributed by atoms with E-state index in [9.17, 15) is 0 Å². The van der Waals surface area contributed by atoms with Crippen molar-refractivity contribution in [3.8, 4) is 0 Å². The third kappa shape index (κ3) is 85.8. The minimum Gasteiger partial charge on any atom is -0.265 e. The Labute approximate surface area is 492 Å². The summed E-state index contributed by atoms with van der Waals surface area (Å²) in [6, 6.07) is 13.3. The molecule has 0 saturated heterocycles. The van der Waals surface area contributed by atoms with Gasteiger partial charge in [0.25, 0.3) is 0 Å². The Morgan fingerprint density at radius 3 is 0.938 bits per heavy atom. The van der Waals surface area contributed by atoms with Crippen molar-refractivity contribution in [2.45, 2.75) is 187 Å². The van der Waals surface area contributed by atoms with Crippen molar-refractivity contribution in [3.05, 3.63) is 212 Å². The summed E-state index contributed by atoms with van der Waals surface area (Å²) in [6.45, 7) is 53.3. The zero-order valence-electron chi connectivity index (χ0n) is 55.0. The lowest BCUT2D eigenvalue weighted by atomic mass is 10.3. The average molecular weight is 1120 g/mol. The average Bonchev–Trinajstić information content (AvgIpc) is 3.55. The first-order valence-electron chi connectivity index (χ1n) is 28.0. The van der Waals surface area contributed by atoms with Gasteiger partial charge in [0.1, 0.15) is 31.1 Å². The van der Waals surface area contributed by atoms with Crippen LogP contribution in [0.1, 0.15) is 176 Å². The van der Waals surface area contributed by atoms with Gasteiger partial charge in [0.2, 0.25) is 0 Å². The van der Waals surface area contributed by atoms with Crippen molar-refractivity contribution in [1.82, 2.24) is 95.6 Å². The van der Waals surface area contributed by atoms with Gasteiger partial charge in [-0.1, -0.05) is 125 Å². The molecule has 0 radical (unpaired) electrons. The smallest absolute Gasteiger partial charge is 0.138 e. The van der Waals surface area contributed by atoms with E-state index in [-0.39, 0.29) is 0 Å². The van der Waals surface area contributed by atoms with Crippen molar-refractivity contribution in [2.24, 2.45) is 0 Å². The van der Waals surface area contributed by atoms with Crippen molar-refractivity contribution in [1.29, 1.82) is 0 Å². The van der Waals surface area contributed by atoms with E-state index in [4.69, 9.17) is 0 Å². The van der Waals surface area contributed by atoms with Crippen LogP contribution in [0.25, 0.3) is 0 Å². The van der Waals surface area contributed by atoms with E-state index < -0.39 is 0 Å². The molecule has 0 saturated carbocycles. The fourth-order valence-electron chi connectivity index (χ4n) is 3.25. The highest BCUT2D eigenvalue weighted by Crippen LogP contribution is 1.89. The summed E-state index contributed by atoms with van der Waals surface area (Å²) >= 11 is 0. The SMILES string of the molecule is CC.CC.CC.CC.CC.CC.CC.CC.CC.Cc1cccnn1.Cc1ccncc1.Cc1ccncn1.Cc1ccnnc1.Cc1cnccn1.Cc1cncnc1.Cc1cncnn1.Cc1cnncn1.Cc1ncccn1. The Balaban J connectivity index is -0.0000000993. The number of rotatable bonds is 0. The number of aromatic nitrogens is 19. The van der Waals surface area contributed by atoms with Crippen LogP contribution in [0.3, 0.4) is 0 Å². The van der Waals surface area contributed by atoms with Gasteiger partial charge in [0.05, 0.1) is 41.4 Å². The summed E-state index contributed by atoms with van der Waals surface area (Å²) in [4.78, 5) is 42.0. The monoisotopic (exact) mass is 1120 g/mol. The Kier molecular flexibility index (Phi) is 100. The predicted octanol–water partition coefficient (Wildman–Crippen LogP) is 15.7. The largest absolute Gasteiger partial charge is 0.265 e. The van der Waals surface area contributed by atoms with Crippen molar-refractivity contribution >= 4 is 0 Å². The fourth-order valence-corrected chi connectivity index (χ4v) is 3.25. The van der Waals surface area contributed by atoms with Gasteiger partial charge in [-0.05, 0) is 121 Å². The fraction of sp³-hybridized carbons (Fsp3) is 0.435. The number of aryl methyl sites for hydroxylation is 9. The van der Waals surface area contributed by atoms with Crippen LogP contribution in [0, 0.1) is 62.3 Å². The van der Waals surface area contributed by atoms with Gasteiger partial charge in [0, 0.05) is 80.1 Å². The summed E-state index contributed by atoms with van der Waals surface area (Å²) in [6.07, 6.45) is 31.6. The maximum atomic E-state index is 3.92. The lowest BCUT2D eigenvalue weighted by molar-refractivity contribution is 0.925. The quantitative estimate of drug-likeness (QED) is 0.137. The molecule has 0 aliphatic carbocycles. The number of pyridine rings is 1. The highest BCUT2D eigenvalue weighted by atomic mass is 15.1. The van der Waals surface area contributed by atoms with Crippen LogP contribution in [0.15, 0.2) is 161 Å². The summed E-state index contributed by atoms with van der Waals surface area (Å²) in [5.74, 6) is 0.822. The summed E-state index contributed by atoms with van der Waals surface area (Å²) in [7, 11) is 0. The Morgan fingerprint density at radius 1 is 0.222 bits per heavy atom. The number of hydrogen-bond donors (Lipinski definition) is 0. The molecule has 0 fully saturated rings. The first-order valence-corrected chi connectivity index (χ1v) is 28.0. The topological polar surface area (TPSA) is 245 Å². The van der Waals surface area contributed by atoms with E-state index in [0.29, 0.717) is 0 Å². The molecule has 0 spiro atoms. The molecule has 0 aliphatic heterocycles. The van der Waals surface area contributed by atoms with Crippen LogP contribution in [0.2, 0.25) is 0 Å². The molecule has 0 aromatic carbocycles. The molecule has 19 nitrogen and oxygen atoms in total. The first-order chi connectivity index (χ1) is 39.5. The van der Waals surface area contributed by atoms with E-state index in [1.54, 1.807) is 99.0 Å². The first kappa shape index (κ1) is 92.1. The minimum absolute atomic E-state index is 0.822. The van der Waals surface area contributed by atoms with Crippen molar-refractivity contribution in [2.75, 3.05) is 0 Å². The van der Waals surface area contributed by atoms with Gasteiger partial charge in [-0.25, -0.2) is 39.9 Å². The molecule has 9 heterocycles. The molecule has 81 heavy (non-hydrogen) atoms. The maximum absolute atomic E-state index is 3.92. The van der Waals surface area contributed by atoms with Crippen LogP contribution in [0.4, 0.5) is 0 Å². The highest BCUT2D eigenvalue weighted by molar-refractivity contribution is 5.06. The maximum Gasteiger partial charge on any atom is 0.138 e. The standard InChI is InChI=1S/C6H7N.6C5H6N2.2C4H5N3.9C2H6/c1-6-2-4-7-5-3-6;1-5-2-6-4-7-3-5;1-5-4-6-2-3-7-5;1-5-2-3-6-4-7-5;1-5-2-3-6-7-4-5;1-5-6-3-2-4-7-5;1-5-3-2-4-6-7-5;1-4-2-6-7-3-5-4;1-4-2-5-3-6-7-4;9*1-2/h2-5H,1H3;6*2-4H,1H3;2*2-3H,1H3;9*1-2H3. The van der Waals surface area contributed by atoms with E-state index >= 15 is 0 Å². The Morgan fingerprint density at radius 2 is 0.716 bits per heavy atom. The van der Waals surface area contributed by atoms with Crippen LogP contribution in [0.5, 0.6) is 0 Å². The Bertz CT molecular complexity index is 1770. The summed E-state index contributed by atoms with van der Waals surface area (Å²) in [5.41, 5.74) is 8.19. The number of hydrogen-bond acceptors (Lipinski definition) is 19. The van der Waals surface area contributed by atoms with Gasteiger partial charge in [-0.2, -0.15) is 30.6 Å². The molecule has 450 valence electrons. The van der Waals surface area contributed by atoms with Crippen LogP contribution >= 0.6 is 0 Å². The van der Waals surface area contributed by atoms with Gasteiger partial charge < -0.3 is 0 Å². The van der Waals surface area contributed by atoms with E-state index in [2.05, 4.69) is 95.6 Å². The molecule has 0 unspecified atom stereocenters. The van der Waals surface area contributed by atoms with Gasteiger partial charge in [-0.15, -0.1) is 10.2 Å². The van der Waals surface area contributed by atoms with Crippen LogP contribution in [-0.4, -0.2) is 95.6 Å². The summed E-state index contributed by atoms with van der Waals surface area (Å²) in [5, 5.41) is 28.8. The Hall–Kier alpha value is -8.35. The third-order valence-electron chi connectivity index (χ3n) is 6.31. The van der Waals surface area contributed by atoms with Gasteiger partial charge >= 0.3 is 0 Å². The molecular weight excluding hydrogens is 1010 g/mol. The van der Waals surface area contributed by atoms with Gasteiger partial charge in [-0.3, -0.25) is 15.0 Å². The normalized spacial score (nSPS) is 7.44. The van der Waals surface area contributed by atoms with E-state index in [0.717, 1.165) is 45.4 Å². The minimum atomic E-state index is 0.822. The lowest BCUT2D eigenvalue weighted by Crippen LogP contribution is -1.84. The highest BCUT2D eigenvalue weighted by Gasteiger charge is 1.80. The predicted molar refractivity (Wildman–Crippen MR) is 341 cm³/mol.